The van der Waals surface area contributed by atoms with Crippen molar-refractivity contribution in [2.45, 2.75) is 6.92 Å². The molecule has 0 spiro atoms. The summed E-state index contributed by atoms with van der Waals surface area (Å²) in [6, 6.07) is 11.5. The van der Waals surface area contributed by atoms with Gasteiger partial charge in [0.05, 0.1) is 12.3 Å². The lowest BCUT2D eigenvalue weighted by Gasteiger charge is -1.94. The molecule has 7 nitrogen and oxygen atoms in total. The minimum absolute atomic E-state index is 0.267. The Bertz CT molecular complexity index is 840. The maximum absolute atomic E-state index is 11.5. The molecule has 0 atom stereocenters. The Kier molecular flexibility index (Phi) is 3.69. The predicted molar refractivity (Wildman–Crippen MR) is 76.7 cm³/mol. The second-order valence-corrected chi connectivity index (χ2v) is 4.74. The normalized spacial score (nSPS) is 11.8. The van der Waals surface area contributed by atoms with E-state index in [9.17, 15) is 4.79 Å². The molecule has 106 valence electrons. The van der Waals surface area contributed by atoms with Gasteiger partial charge in [-0.25, -0.2) is 4.79 Å². The minimum Gasteiger partial charge on any atom is -0.448 e. The van der Waals surface area contributed by atoms with Gasteiger partial charge in [-0.15, -0.1) is 10.1 Å². The average molecular weight is 301 g/mol. The first-order chi connectivity index (χ1) is 10.3. The van der Waals surface area contributed by atoms with E-state index in [1.165, 1.54) is 4.52 Å². The molecular formula is C13H11N5O2S. The first-order valence-corrected chi connectivity index (χ1v) is 7.04. The summed E-state index contributed by atoms with van der Waals surface area (Å²) >= 11 is 0.977. The Balaban J connectivity index is 2.12. The molecule has 0 aliphatic carbocycles. The van der Waals surface area contributed by atoms with Gasteiger partial charge in [-0.1, -0.05) is 34.8 Å². The van der Waals surface area contributed by atoms with Crippen LogP contribution in [0, 0.1) is 0 Å². The number of hydrogen-bond acceptors (Lipinski definition) is 6. The molecule has 0 saturated carbocycles. The van der Waals surface area contributed by atoms with E-state index in [0.717, 1.165) is 22.8 Å². The maximum Gasteiger partial charge on any atom is 0.436 e. The third-order valence-corrected chi connectivity index (χ3v) is 3.25. The zero-order valence-corrected chi connectivity index (χ0v) is 11.9. The van der Waals surface area contributed by atoms with Crippen molar-refractivity contribution in [3.63, 3.8) is 0 Å². The quantitative estimate of drug-likeness (QED) is 0.722. The van der Waals surface area contributed by atoms with Crippen LogP contribution in [0.5, 0.6) is 0 Å². The predicted octanol–water partition coefficient (Wildman–Crippen LogP) is 1.91. The highest BCUT2D eigenvalue weighted by atomic mass is 32.1. The van der Waals surface area contributed by atoms with Gasteiger partial charge in [-0.3, -0.25) is 0 Å². The van der Waals surface area contributed by atoms with Crippen molar-refractivity contribution in [3.8, 4) is 11.3 Å². The summed E-state index contributed by atoms with van der Waals surface area (Å²) in [6.07, 6.45) is -0.667. The molecule has 0 unspecified atom stereocenters. The number of rotatable bonds is 2. The molecule has 0 fully saturated rings. The van der Waals surface area contributed by atoms with E-state index in [1.54, 1.807) is 13.0 Å². The summed E-state index contributed by atoms with van der Waals surface area (Å²) in [5.74, 6) is 0. The van der Waals surface area contributed by atoms with Crippen LogP contribution in [0.3, 0.4) is 0 Å². The lowest BCUT2D eigenvalue weighted by atomic mass is 10.2. The molecule has 0 aliphatic rings. The number of amides is 1. The van der Waals surface area contributed by atoms with Gasteiger partial charge >= 0.3 is 6.09 Å². The number of carbonyl (C=O) groups excluding carboxylic acids is 1. The van der Waals surface area contributed by atoms with E-state index in [1.807, 2.05) is 30.3 Å². The van der Waals surface area contributed by atoms with Crippen LogP contribution >= 0.6 is 11.5 Å². The van der Waals surface area contributed by atoms with E-state index in [4.69, 9.17) is 4.74 Å². The maximum atomic E-state index is 11.5. The number of hydrogen-bond donors (Lipinski definition) is 0. The highest BCUT2D eigenvalue weighted by molar-refractivity contribution is 7.02. The third-order valence-electron chi connectivity index (χ3n) is 2.66. The minimum atomic E-state index is -0.667. The molecule has 8 heteroatoms. The smallest absolute Gasteiger partial charge is 0.436 e. The number of ether oxygens (including phenoxy) is 1. The van der Waals surface area contributed by atoms with E-state index in [-0.39, 0.29) is 6.61 Å². The van der Waals surface area contributed by atoms with Gasteiger partial charge in [-0.2, -0.15) is 9.61 Å². The van der Waals surface area contributed by atoms with Gasteiger partial charge in [0.15, 0.2) is 5.65 Å². The SMILES string of the molecule is CCOC(=O)/N=c1\snnc2cc(-c3ccccc3)nn12. The zero-order valence-electron chi connectivity index (χ0n) is 11.1. The Morgan fingerprint density at radius 3 is 2.95 bits per heavy atom. The summed E-state index contributed by atoms with van der Waals surface area (Å²) in [7, 11) is 0. The third kappa shape index (κ3) is 2.79. The molecule has 1 amide bonds. The van der Waals surface area contributed by atoms with Gasteiger partial charge in [0.2, 0.25) is 4.80 Å². The molecule has 0 saturated heterocycles. The van der Waals surface area contributed by atoms with E-state index in [0.29, 0.717) is 10.4 Å². The Morgan fingerprint density at radius 1 is 1.38 bits per heavy atom. The van der Waals surface area contributed by atoms with Gasteiger partial charge in [0, 0.05) is 23.2 Å². The fraction of sp³-hybridized carbons (Fsp3) is 0.154. The van der Waals surface area contributed by atoms with E-state index >= 15 is 0 Å². The van der Waals surface area contributed by atoms with Crippen LogP contribution in [-0.2, 0) is 4.74 Å². The molecule has 1 aromatic carbocycles. The summed E-state index contributed by atoms with van der Waals surface area (Å²) in [6.45, 7) is 1.99. The van der Waals surface area contributed by atoms with Crippen molar-refractivity contribution in [2.75, 3.05) is 6.61 Å². The number of aromatic nitrogens is 4. The van der Waals surface area contributed by atoms with Crippen LogP contribution in [0.15, 0.2) is 41.4 Å². The van der Waals surface area contributed by atoms with E-state index in [2.05, 4.69) is 19.7 Å². The standard InChI is InChI=1S/C13H11N5O2S/c1-2-20-13(19)14-12-18-11(15-17-21-12)8-10(16-18)9-6-4-3-5-7-9/h3-8H,2H2,1H3/b14-12-. The van der Waals surface area contributed by atoms with Gasteiger partial charge in [-0.05, 0) is 6.92 Å². The Hall–Kier alpha value is -2.61. The second-order valence-electron chi connectivity index (χ2n) is 4.03. The lowest BCUT2D eigenvalue weighted by Crippen LogP contribution is -2.16. The molecule has 2 heterocycles. The number of benzene rings is 1. The molecule has 2 aromatic heterocycles. The monoisotopic (exact) mass is 301 g/mol. The van der Waals surface area contributed by atoms with Crippen molar-refractivity contribution < 1.29 is 9.53 Å². The van der Waals surface area contributed by atoms with Crippen LogP contribution in [0.1, 0.15) is 6.92 Å². The van der Waals surface area contributed by atoms with Crippen molar-refractivity contribution in [2.24, 2.45) is 4.99 Å². The summed E-state index contributed by atoms with van der Waals surface area (Å²) < 4.78 is 10.1. The van der Waals surface area contributed by atoms with Crippen molar-refractivity contribution in [1.82, 2.24) is 19.2 Å². The molecule has 3 rings (SSSR count). The number of carbonyl (C=O) groups is 1. The van der Waals surface area contributed by atoms with Crippen LogP contribution in [0.25, 0.3) is 16.9 Å². The van der Waals surface area contributed by atoms with Crippen LogP contribution in [-0.4, -0.2) is 31.9 Å². The lowest BCUT2D eigenvalue weighted by molar-refractivity contribution is 0.162. The van der Waals surface area contributed by atoms with Crippen molar-refractivity contribution in [3.05, 3.63) is 41.2 Å². The van der Waals surface area contributed by atoms with Crippen molar-refractivity contribution in [1.29, 1.82) is 0 Å². The van der Waals surface area contributed by atoms with Crippen molar-refractivity contribution >= 4 is 23.3 Å². The molecule has 0 N–H and O–H groups in total. The van der Waals surface area contributed by atoms with Gasteiger partial charge in [0.1, 0.15) is 0 Å². The van der Waals surface area contributed by atoms with Crippen LogP contribution in [0.2, 0.25) is 0 Å². The fourth-order valence-electron chi connectivity index (χ4n) is 1.77. The summed E-state index contributed by atoms with van der Waals surface area (Å²) in [5.41, 5.74) is 2.22. The summed E-state index contributed by atoms with van der Waals surface area (Å²) in [4.78, 5) is 15.6. The van der Waals surface area contributed by atoms with Crippen LogP contribution < -0.4 is 4.80 Å². The average Bonchev–Trinajstić information content (AvgIpc) is 2.94. The second kappa shape index (κ2) is 5.80. The first kappa shape index (κ1) is 13.4. The Labute approximate surface area is 123 Å². The van der Waals surface area contributed by atoms with Gasteiger partial charge < -0.3 is 4.74 Å². The van der Waals surface area contributed by atoms with Gasteiger partial charge in [0.25, 0.3) is 0 Å². The topological polar surface area (TPSA) is 81.7 Å². The highest BCUT2D eigenvalue weighted by Crippen LogP contribution is 2.17. The molecule has 3 aromatic rings. The number of nitrogens with zero attached hydrogens (tertiary/aromatic N) is 5. The number of fused-ring (bicyclic) bond motifs is 1. The van der Waals surface area contributed by atoms with Crippen LogP contribution in [0.4, 0.5) is 4.79 Å². The summed E-state index contributed by atoms with van der Waals surface area (Å²) in [5, 5.41) is 8.42. The Morgan fingerprint density at radius 2 is 2.19 bits per heavy atom. The van der Waals surface area contributed by atoms with E-state index < -0.39 is 6.09 Å². The fourth-order valence-corrected chi connectivity index (χ4v) is 2.30. The highest BCUT2D eigenvalue weighted by Gasteiger charge is 2.08. The molecule has 21 heavy (non-hydrogen) atoms. The largest absolute Gasteiger partial charge is 0.448 e. The first-order valence-electron chi connectivity index (χ1n) is 6.27. The molecule has 0 radical (unpaired) electrons. The zero-order chi connectivity index (χ0) is 14.7. The molecule has 0 bridgehead atoms. The molecule has 0 aliphatic heterocycles. The molecular weight excluding hydrogens is 290 g/mol.